The molecule has 0 fully saturated rings. The first-order chi connectivity index (χ1) is 15.1. The molecule has 0 saturated heterocycles. The van der Waals surface area contributed by atoms with Gasteiger partial charge in [0.15, 0.2) is 0 Å². The van der Waals surface area contributed by atoms with Crippen LogP contribution in [-0.2, 0) is 19.4 Å². The molecule has 2 aromatic carbocycles. The maximum atomic E-state index is 13.0. The van der Waals surface area contributed by atoms with E-state index in [9.17, 15) is 4.79 Å². The maximum absolute atomic E-state index is 13.0. The Kier molecular flexibility index (Phi) is 6.34. The summed E-state index contributed by atoms with van der Waals surface area (Å²) >= 11 is 6.28. The number of nitrogens with one attached hydrogen (secondary N) is 1. The number of thiophene rings is 1. The molecule has 0 unspecified atom stereocenters. The fourth-order valence-corrected chi connectivity index (χ4v) is 7.38. The van der Waals surface area contributed by atoms with Crippen LogP contribution in [0.5, 0.6) is 5.75 Å². The van der Waals surface area contributed by atoms with Gasteiger partial charge in [-0.2, -0.15) is 0 Å². The van der Waals surface area contributed by atoms with Crippen molar-refractivity contribution < 1.29 is 4.74 Å². The first kappa shape index (κ1) is 21.4. The van der Waals surface area contributed by atoms with Crippen molar-refractivity contribution in [2.75, 3.05) is 0 Å². The zero-order chi connectivity index (χ0) is 21.4. The van der Waals surface area contributed by atoms with Crippen LogP contribution in [0.3, 0.4) is 0 Å². The van der Waals surface area contributed by atoms with Gasteiger partial charge in [0.2, 0.25) is 0 Å². The minimum absolute atomic E-state index is 0.0196. The minimum Gasteiger partial charge on any atom is -0.487 e. The van der Waals surface area contributed by atoms with Gasteiger partial charge < -0.3 is 9.72 Å². The Hall–Kier alpha value is -1.46. The Labute approximate surface area is 211 Å². The number of rotatable bonds is 4. The minimum atomic E-state index is -0.0196. The highest BCUT2D eigenvalue weighted by atomic mass is 127. The van der Waals surface area contributed by atoms with E-state index in [2.05, 4.69) is 62.3 Å². The van der Waals surface area contributed by atoms with Gasteiger partial charge in [0.1, 0.15) is 23.0 Å². The third-order valence-electron chi connectivity index (χ3n) is 5.57. The molecule has 0 spiro atoms. The van der Waals surface area contributed by atoms with E-state index in [4.69, 9.17) is 9.72 Å². The average Bonchev–Trinajstić information content (AvgIpc) is 2.96. The summed E-state index contributed by atoms with van der Waals surface area (Å²) in [6, 6.07) is 14.2. The van der Waals surface area contributed by atoms with Crippen LogP contribution in [0.25, 0.3) is 21.6 Å². The highest BCUT2D eigenvalue weighted by Gasteiger charge is 2.20. The van der Waals surface area contributed by atoms with Crippen LogP contribution in [0.15, 0.2) is 47.3 Å². The van der Waals surface area contributed by atoms with Gasteiger partial charge in [0.05, 0.1) is 12.5 Å². The Morgan fingerprint density at radius 3 is 2.55 bits per heavy atom. The fourth-order valence-electron chi connectivity index (χ4n) is 4.04. The van der Waals surface area contributed by atoms with Gasteiger partial charge in [-0.25, -0.2) is 4.98 Å². The van der Waals surface area contributed by atoms with Crippen LogP contribution >= 0.6 is 56.5 Å². The number of halogens is 2. The molecule has 4 nitrogen and oxygen atoms in total. The number of H-pyrrole nitrogens is 1. The van der Waals surface area contributed by atoms with Crippen molar-refractivity contribution in [3.05, 3.63) is 76.0 Å². The SMILES string of the molecule is O=c1[nH]c(-c2cc(I)c(OCc3ccccc3)c(I)c2)nc2sc3c(c12)CCCCC3. The molecule has 31 heavy (non-hydrogen) atoms. The van der Waals surface area contributed by atoms with Crippen LogP contribution in [0.4, 0.5) is 0 Å². The summed E-state index contributed by atoms with van der Waals surface area (Å²) in [5.74, 6) is 1.49. The first-order valence-corrected chi connectivity index (χ1v) is 13.3. The maximum Gasteiger partial charge on any atom is 0.260 e. The number of nitrogens with zero attached hydrogens (tertiary/aromatic N) is 1. The number of aromatic nitrogens is 2. The predicted molar refractivity (Wildman–Crippen MR) is 143 cm³/mol. The number of hydrogen-bond donors (Lipinski definition) is 1. The molecule has 1 N–H and O–H groups in total. The summed E-state index contributed by atoms with van der Waals surface area (Å²) < 4.78 is 8.10. The normalized spacial score (nSPS) is 13.7. The second kappa shape index (κ2) is 9.19. The zero-order valence-corrected chi connectivity index (χ0v) is 21.8. The highest BCUT2D eigenvalue weighted by molar-refractivity contribution is 14.1. The van der Waals surface area contributed by atoms with Crippen molar-refractivity contribution in [3.8, 4) is 17.1 Å². The quantitative estimate of drug-likeness (QED) is 0.197. The zero-order valence-electron chi connectivity index (χ0n) is 16.7. The van der Waals surface area contributed by atoms with Gasteiger partial charge in [-0.15, -0.1) is 11.3 Å². The first-order valence-electron chi connectivity index (χ1n) is 10.3. The number of hydrogen-bond acceptors (Lipinski definition) is 4. The molecule has 0 saturated carbocycles. The van der Waals surface area contributed by atoms with Crippen LogP contribution < -0.4 is 10.3 Å². The van der Waals surface area contributed by atoms with Crippen LogP contribution in [-0.4, -0.2) is 9.97 Å². The summed E-state index contributed by atoms with van der Waals surface area (Å²) in [7, 11) is 0. The Bertz CT molecular complexity index is 1290. The van der Waals surface area contributed by atoms with Crippen LogP contribution in [0, 0.1) is 7.14 Å². The summed E-state index contributed by atoms with van der Waals surface area (Å²) in [6.07, 6.45) is 5.64. The molecule has 0 aliphatic heterocycles. The molecule has 0 amide bonds. The Morgan fingerprint density at radius 2 is 1.77 bits per heavy atom. The molecular formula is C24H20I2N2O2S. The summed E-state index contributed by atoms with van der Waals surface area (Å²) in [4.78, 5) is 23.1. The molecule has 0 radical (unpaired) electrons. The van der Waals surface area contributed by atoms with E-state index in [0.717, 1.165) is 53.5 Å². The molecule has 5 rings (SSSR count). The van der Waals surface area contributed by atoms with E-state index in [0.29, 0.717) is 12.4 Å². The van der Waals surface area contributed by atoms with E-state index in [1.165, 1.54) is 23.3 Å². The van der Waals surface area contributed by atoms with Crippen molar-refractivity contribution in [1.29, 1.82) is 0 Å². The highest BCUT2D eigenvalue weighted by Crippen LogP contribution is 2.35. The molecule has 158 valence electrons. The molecule has 0 atom stereocenters. The van der Waals surface area contributed by atoms with Crippen LogP contribution in [0.1, 0.15) is 35.3 Å². The molecular weight excluding hydrogens is 634 g/mol. The van der Waals surface area contributed by atoms with Gasteiger partial charge in [0.25, 0.3) is 5.56 Å². The lowest BCUT2D eigenvalue weighted by Crippen LogP contribution is -2.10. The van der Waals surface area contributed by atoms with Crippen LogP contribution in [0.2, 0.25) is 0 Å². The standard InChI is InChI=1S/C24H20I2N2O2S/c25-17-11-15(12-18(26)21(17)30-13-14-7-3-1-4-8-14)22-27-23(29)20-16-9-5-2-6-10-19(16)31-24(20)28-22/h1,3-4,7-8,11-12H,2,5-6,9-10,13H2,(H,27,28,29). The van der Waals surface area contributed by atoms with Crippen molar-refractivity contribution in [2.45, 2.75) is 38.7 Å². The number of benzene rings is 2. The molecule has 2 aromatic heterocycles. The molecule has 0 bridgehead atoms. The van der Waals surface area contributed by atoms with E-state index in [-0.39, 0.29) is 5.56 Å². The lowest BCUT2D eigenvalue weighted by molar-refractivity contribution is 0.302. The van der Waals surface area contributed by atoms with Crippen molar-refractivity contribution >= 4 is 66.7 Å². The van der Waals surface area contributed by atoms with Crippen molar-refractivity contribution in [1.82, 2.24) is 9.97 Å². The van der Waals surface area contributed by atoms with E-state index in [1.807, 2.05) is 30.3 Å². The molecule has 2 heterocycles. The van der Waals surface area contributed by atoms with E-state index >= 15 is 0 Å². The van der Waals surface area contributed by atoms with E-state index in [1.54, 1.807) is 11.3 Å². The Morgan fingerprint density at radius 1 is 1.03 bits per heavy atom. The van der Waals surface area contributed by atoms with Gasteiger partial charge in [-0.05, 0) is 94.1 Å². The number of ether oxygens (including phenoxy) is 1. The largest absolute Gasteiger partial charge is 0.487 e. The molecule has 1 aliphatic rings. The second-order valence-electron chi connectivity index (χ2n) is 7.70. The lowest BCUT2D eigenvalue weighted by Gasteiger charge is -2.12. The third-order valence-corrected chi connectivity index (χ3v) is 8.36. The second-order valence-corrected chi connectivity index (χ2v) is 11.1. The molecule has 1 aliphatic carbocycles. The fraction of sp³-hybridized carbons (Fsp3) is 0.250. The number of fused-ring (bicyclic) bond motifs is 3. The third kappa shape index (κ3) is 4.41. The van der Waals surface area contributed by atoms with Gasteiger partial charge in [-0.1, -0.05) is 36.8 Å². The van der Waals surface area contributed by atoms with Gasteiger partial charge >= 0.3 is 0 Å². The van der Waals surface area contributed by atoms with Crippen molar-refractivity contribution in [2.24, 2.45) is 0 Å². The van der Waals surface area contributed by atoms with Gasteiger partial charge in [-0.3, -0.25) is 4.79 Å². The molecule has 4 aromatic rings. The summed E-state index contributed by atoms with van der Waals surface area (Å²) in [5, 5.41) is 0.804. The summed E-state index contributed by atoms with van der Waals surface area (Å²) in [5.41, 5.74) is 3.25. The van der Waals surface area contributed by atoms with E-state index < -0.39 is 0 Å². The summed E-state index contributed by atoms with van der Waals surface area (Å²) in [6.45, 7) is 0.522. The monoisotopic (exact) mass is 654 g/mol. The smallest absolute Gasteiger partial charge is 0.260 e. The van der Waals surface area contributed by atoms with Crippen molar-refractivity contribution in [3.63, 3.8) is 0 Å². The number of aryl methyl sites for hydroxylation is 2. The number of aromatic amines is 1. The topological polar surface area (TPSA) is 55.0 Å². The predicted octanol–water partition coefficient (Wildman–Crippen LogP) is 6.71. The Balaban J connectivity index is 1.49. The molecule has 7 heteroatoms. The average molecular weight is 654 g/mol. The lowest BCUT2D eigenvalue weighted by atomic mass is 10.1. The van der Waals surface area contributed by atoms with Gasteiger partial charge in [0, 0.05) is 10.4 Å².